The molecule has 2 rings (SSSR count). The maximum Gasteiger partial charge on any atom is 0.148 e. The second-order valence-corrected chi connectivity index (χ2v) is 4.61. The topological polar surface area (TPSA) is 51.8 Å². The van der Waals surface area contributed by atoms with Gasteiger partial charge < -0.3 is 5.73 Å². The maximum atomic E-state index is 13.9. The third-order valence-electron chi connectivity index (χ3n) is 2.32. The second-order valence-electron chi connectivity index (χ2n) is 3.38. The standard InChI is InChI=1S/C11H8BrClFN3/c12-7-2-1-6(10(14)9(7)13)11(15)8-3-4-16-5-17-8/h1-5,11H,15H2. The average molecular weight is 317 g/mol. The van der Waals surface area contributed by atoms with Crippen LogP contribution in [0, 0.1) is 5.82 Å². The van der Waals surface area contributed by atoms with Gasteiger partial charge in [0.1, 0.15) is 12.1 Å². The zero-order valence-electron chi connectivity index (χ0n) is 8.57. The molecule has 2 N–H and O–H groups in total. The number of rotatable bonds is 2. The Labute approximate surface area is 111 Å². The smallest absolute Gasteiger partial charge is 0.148 e. The summed E-state index contributed by atoms with van der Waals surface area (Å²) >= 11 is 8.95. The van der Waals surface area contributed by atoms with Gasteiger partial charge in [0.25, 0.3) is 0 Å². The van der Waals surface area contributed by atoms with Gasteiger partial charge in [0.05, 0.1) is 16.8 Å². The lowest BCUT2D eigenvalue weighted by Crippen LogP contribution is -2.15. The Kier molecular flexibility index (Phi) is 3.71. The highest BCUT2D eigenvalue weighted by molar-refractivity contribution is 9.10. The number of halogens is 3. The molecular formula is C11H8BrClFN3. The molecule has 0 aliphatic heterocycles. The lowest BCUT2D eigenvalue weighted by molar-refractivity contribution is 0.596. The predicted octanol–water partition coefficient (Wildman–Crippen LogP) is 3.08. The highest BCUT2D eigenvalue weighted by atomic mass is 79.9. The highest BCUT2D eigenvalue weighted by Crippen LogP contribution is 2.31. The first-order chi connectivity index (χ1) is 8.11. The van der Waals surface area contributed by atoms with E-state index in [2.05, 4.69) is 25.9 Å². The molecule has 0 saturated heterocycles. The van der Waals surface area contributed by atoms with Crippen LogP contribution in [-0.4, -0.2) is 9.97 Å². The van der Waals surface area contributed by atoms with E-state index in [1.54, 1.807) is 24.4 Å². The van der Waals surface area contributed by atoms with Crippen molar-refractivity contribution in [2.75, 3.05) is 0 Å². The molecule has 0 bridgehead atoms. The van der Waals surface area contributed by atoms with Crippen LogP contribution in [0.4, 0.5) is 4.39 Å². The molecule has 0 amide bonds. The van der Waals surface area contributed by atoms with Crippen LogP contribution in [0.1, 0.15) is 17.3 Å². The number of nitrogens with two attached hydrogens (primary N) is 1. The van der Waals surface area contributed by atoms with Crippen molar-refractivity contribution in [1.29, 1.82) is 0 Å². The van der Waals surface area contributed by atoms with Crippen LogP contribution in [0.2, 0.25) is 5.02 Å². The van der Waals surface area contributed by atoms with Gasteiger partial charge in [-0.15, -0.1) is 0 Å². The van der Waals surface area contributed by atoms with Crippen LogP contribution in [-0.2, 0) is 0 Å². The van der Waals surface area contributed by atoms with Crippen LogP contribution in [0.3, 0.4) is 0 Å². The van der Waals surface area contributed by atoms with E-state index >= 15 is 0 Å². The fourth-order valence-corrected chi connectivity index (χ4v) is 1.90. The Bertz CT molecular complexity index is 536. The molecule has 0 aliphatic rings. The summed E-state index contributed by atoms with van der Waals surface area (Å²) in [5, 5.41) is 0.0204. The summed E-state index contributed by atoms with van der Waals surface area (Å²) in [5.74, 6) is -0.535. The lowest BCUT2D eigenvalue weighted by atomic mass is 10.0. The first-order valence-electron chi connectivity index (χ1n) is 4.76. The van der Waals surface area contributed by atoms with E-state index in [4.69, 9.17) is 17.3 Å². The molecule has 0 radical (unpaired) electrons. The molecule has 1 heterocycles. The highest BCUT2D eigenvalue weighted by Gasteiger charge is 2.18. The summed E-state index contributed by atoms with van der Waals surface area (Å²) < 4.78 is 14.4. The van der Waals surface area contributed by atoms with Crippen molar-refractivity contribution >= 4 is 27.5 Å². The summed E-state index contributed by atoms with van der Waals surface area (Å²) in [6, 6.07) is 4.21. The normalized spacial score (nSPS) is 12.5. The van der Waals surface area contributed by atoms with Gasteiger partial charge in [-0.05, 0) is 28.1 Å². The Morgan fingerprint density at radius 1 is 1.35 bits per heavy atom. The average Bonchev–Trinajstić information content (AvgIpc) is 2.36. The zero-order valence-corrected chi connectivity index (χ0v) is 10.9. The van der Waals surface area contributed by atoms with Crippen molar-refractivity contribution in [2.45, 2.75) is 6.04 Å². The summed E-state index contributed by atoms with van der Waals surface area (Å²) in [7, 11) is 0. The first kappa shape index (κ1) is 12.4. The van der Waals surface area contributed by atoms with Gasteiger partial charge in [0.2, 0.25) is 0 Å². The van der Waals surface area contributed by atoms with Gasteiger partial charge in [0.15, 0.2) is 0 Å². The van der Waals surface area contributed by atoms with Crippen LogP contribution >= 0.6 is 27.5 Å². The molecule has 3 nitrogen and oxygen atoms in total. The molecule has 2 aromatic rings. The molecule has 88 valence electrons. The van der Waals surface area contributed by atoms with Gasteiger partial charge in [-0.3, -0.25) is 0 Å². The van der Waals surface area contributed by atoms with Gasteiger partial charge >= 0.3 is 0 Å². The van der Waals surface area contributed by atoms with Crippen LogP contribution in [0.5, 0.6) is 0 Å². The van der Waals surface area contributed by atoms with E-state index in [1.165, 1.54) is 6.33 Å². The minimum Gasteiger partial charge on any atom is -0.319 e. The molecule has 6 heteroatoms. The summed E-state index contributed by atoms with van der Waals surface area (Å²) in [6.07, 6.45) is 2.92. The van der Waals surface area contributed by atoms with Crippen molar-refractivity contribution < 1.29 is 4.39 Å². The third kappa shape index (κ3) is 2.46. The molecular weight excluding hydrogens is 308 g/mol. The number of hydrogen-bond acceptors (Lipinski definition) is 3. The van der Waals surface area contributed by atoms with Gasteiger partial charge in [-0.25, -0.2) is 14.4 Å². The molecule has 0 aliphatic carbocycles. The van der Waals surface area contributed by atoms with Crippen molar-refractivity contribution in [1.82, 2.24) is 9.97 Å². The summed E-state index contributed by atoms with van der Waals surface area (Å²) in [5.41, 5.74) is 6.77. The molecule has 1 unspecified atom stereocenters. The number of aromatic nitrogens is 2. The summed E-state index contributed by atoms with van der Waals surface area (Å²) in [4.78, 5) is 7.77. The van der Waals surface area contributed by atoms with Crippen LogP contribution < -0.4 is 5.73 Å². The van der Waals surface area contributed by atoms with Crippen LogP contribution in [0.15, 0.2) is 35.2 Å². The van der Waals surface area contributed by atoms with E-state index in [0.717, 1.165) is 0 Å². The van der Waals surface area contributed by atoms with E-state index in [-0.39, 0.29) is 5.02 Å². The monoisotopic (exact) mass is 315 g/mol. The number of nitrogens with zero attached hydrogens (tertiary/aromatic N) is 2. The molecule has 17 heavy (non-hydrogen) atoms. The fourth-order valence-electron chi connectivity index (χ4n) is 1.43. The summed E-state index contributed by atoms with van der Waals surface area (Å²) in [6.45, 7) is 0. The number of benzene rings is 1. The van der Waals surface area contributed by atoms with Gasteiger partial charge in [0, 0.05) is 16.2 Å². The Morgan fingerprint density at radius 2 is 2.12 bits per heavy atom. The van der Waals surface area contributed by atoms with E-state index in [1.807, 2.05) is 0 Å². The van der Waals surface area contributed by atoms with Crippen molar-refractivity contribution in [2.24, 2.45) is 5.73 Å². The Hall–Kier alpha value is -1.04. The van der Waals surface area contributed by atoms with E-state index in [0.29, 0.717) is 15.7 Å². The van der Waals surface area contributed by atoms with Crippen molar-refractivity contribution in [3.8, 4) is 0 Å². The van der Waals surface area contributed by atoms with Crippen LogP contribution in [0.25, 0.3) is 0 Å². The van der Waals surface area contributed by atoms with Crippen molar-refractivity contribution in [3.63, 3.8) is 0 Å². The zero-order chi connectivity index (χ0) is 12.4. The largest absolute Gasteiger partial charge is 0.319 e. The Balaban J connectivity index is 2.45. The minimum atomic E-state index is -0.663. The first-order valence-corrected chi connectivity index (χ1v) is 5.93. The quantitative estimate of drug-likeness (QED) is 0.866. The Morgan fingerprint density at radius 3 is 2.76 bits per heavy atom. The SMILES string of the molecule is NC(c1ccncn1)c1ccc(Br)c(Cl)c1F. The number of hydrogen-bond donors (Lipinski definition) is 1. The molecule has 0 saturated carbocycles. The second kappa shape index (κ2) is 5.08. The van der Waals surface area contributed by atoms with E-state index in [9.17, 15) is 4.39 Å². The molecule has 1 aromatic carbocycles. The molecule has 1 atom stereocenters. The van der Waals surface area contributed by atoms with Gasteiger partial charge in [-0.1, -0.05) is 17.7 Å². The molecule has 0 spiro atoms. The molecule has 1 aromatic heterocycles. The molecule has 0 fully saturated rings. The van der Waals surface area contributed by atoms with E-state index < -0.39 is 11.9 Å². The minimum absolute atomic E-state index is 0.0204. The predicted molar refractivity (Wildman–Crippen MR) is 67.2 cm³/mol. The fraction of sp³-hybridized carbons (Fsp3) is 0.0909. The van der Waals surface area contributed by atoms with Crippen molar-refractivity contribution in [3.05, 3.63) is 57.3 Å². The van der Waals surface area contributed by atoms with Gasteiger partial charge in [-0.2, -0.15) is 0 Å². The third-order valence-corrected chi connectivity index (χ3v) is 3.58. The maximum absolute atomic E-state index is 13.9. The lowest BCUT2D eigenvalue weighted by Gasteiger charge is -2.13.